The highest BCUT2D eigenvalue weighted by Crippen LogP contribution is 2.29. The van der Waals surface area contributed by atoms with E-state index in [-0.39, 0.29) is 11.6 Å². The number of carbonyl (C=O) groups excluding carboxylic acids is 2. The highest BCUT2D eigenvalue weighted by Gasteiger charge is 2.20. The van der Waals surface area contributed by atoms with E-state index in [9.17, 15) is 0 Å². The maximum absolute atomic E-state index is 8.12. The summed E-state index contributed by atoms with van der Waals surface area (Å²) in [6.07, 6.45) is 9.00. The zero-order chi connectivity index (χ0) is 18.3. The quantitative estimate of drug-likeness (QED) is 0.804. The van der Waals surface area contributed by atoms with E-state index >= 15 is 0 Å². The molecule has 0 unspecified atom stereocenters. The molecule has 3 rings (SSSR count). The SMILES string of the molecule is CC(C)(C)Cc1nc(-c2nc(CC3CCCCC3)cs2)no1.O=C=O. The number of nitrogens with zero attached hydrogens (tertiary/aromatic N) is 3. The first kappa shape index (κ1) is 19.5. The van der Waals surface area contributed by atoms with Crippen LogP contribution in [0, 0.1) is 11.3 Å². The zero-order valence-corrected chi connectivity index (χ0v) is 15.9. The van der Waals surface area contributed by atoms with Crippen LogP contribution in [0.4, 0.5) is 0 Å². The second-order valence-electron chi connectivity index (χ2n) is 7.68. The summed E-state index contributed by atoms with van der Waals surface area (Å²) in [5.74, 6) is 2.15. The largest absolute Gasteiger partial charge is 0.373 e. The first-order valence-electron chi connectivity index (χ1n) is 8.68. The molecule has 0 aliphatic heterocycles. The van der Waals surface area contributed by atoms with Gasteiger partial charge in [0.05, 0.1) is 5.69 Å². The molecule has 25 heavy (non-hydrogen) atoms. The van der Waals surface area contributed by atoms with Crippen LogP contribution in [-0.4, -0.2) is 21.3 Å². The third-order valence-electron chi connectivity index (χ3n) is 4.12. The van der Waals surface area contributed by atoms with Gasteiger partial charge in [0, 0.05) is 11.8 Å². The minimum atomic E-state index is 0.152. The van der Waals surface area contributed by atoms with Gasteiger partial charge in [-0.3, -0.25) is 0 Å². The molecule has 2 aromatic rings. The molecular formula is C18H25N3O3S. The van der Waals surface area contributed by atoms with Gasteiger partial charge in [-0.05, 0) is 17.8 Å². The maximum Gasteiger partial charge on any atom is 0.373 e. The predicted molar refractivity (Wildman–Crippen MR) is 93.9 cm³/mol. The molecule has 136 valence electrons. The highest BCUT2D eigenvalue weighted by atomic mass is 32.1. The van der Waals surface area contributed by atoms with Crippen LogP contribution in [0.5, 0.6) is 0 Å². The number of hydrogen-bond donors (Lipinski definition) is 0. The summed E-state index contributed by atoms with van der Waals surface area (Å²) in [7, 11) is 0. The minimum Gasteiger partial charge on any atom is -0.339 e. The molecule has 0 amide bonds. The fourth-order valence-electron chi connectivity index (χ4n) is 3.06. The van der Waals surface area contributed by atoms with Crippen LogP contribution >= 0.6 is 11.3 Å². The topological polar surface area (TPSA) is 85.9 Å². The molecule has 0 spiro atoms. The molecule has 0 atom stereocenters. The van der Waals surface area contributed by atoms with Crippen LogP contribution in [0.2, 0.25) is 0 Å². The van der Waals surface area contributed by atoms with Gasteiger partial charge in [0.25, 0.3) is 0 Å². The van der Waals surface area contributed by atoms with E-state index < -0.39 is 0 Å². The van der Waals surface area contributed by atoms with Gasteiger partial charge in [-0.25, -0.2) is 4.98 Å². The molecule has 1 fully saturated rings. The fourth-order valence-corrected chi connectivity index (χ4v) is 3.81. The number of thiazole rings is 1. The Balaban J connectivity index is 0.000000701. The van der Waals surface area contributed by atoms with Crippen molar-refractivity contribution in [1.82, 2.24) is 15.1 Å². The molecule has 0 radical (unpaired) electrons. The third-order valence-corrected chi connectivity index (χ3v) is 5.00. The Morgan fingerprint density at radius 1 is 1.20 bits per heavy atom. The summed E-state index contributed by atoms with van der Waals surface area (Å²) in [5.41, 5.74) is 1.34. The summed E-state index contributed by atoms with van der Waals surface area (Å²) < 4.78 is 5.36. The third kappa shape index (κ3) is 6.52. The molecule has 1 saturated carbocycles. The monoisotopic (exact) mass is 363 g/mol. The standard InChI is InChI=1S/C17H25N3OS.CO2/c1-17(2,3)10-14-19-15(20-21-14)16-18-13(11-22-16)9-12-7-5-4-6-8-12;2-1-3/h11-12H,4-10H2,1-3H3;. The second kappa shape index (κ2) is 9.02. The Morgan fingerprint density at radius 2 is 1.88 bits per heavy atom. The average molecular weight is 363 g/mol. The van der Waals surface area contributed by atoms with Gasteiger partial charge in [0.15, 0.2) is 5.01 Å². The lowest BCUT2D eigenvalue weighted by Crippen LogP contribution is -2.09. The lowest BCUT2D eigenvalue weighted by Gasteiger charge is -2.20. The van der Waals surface area contributed by atoms with Gasteiger partial charge < -0.3 is 4.52 Å². The van der Waals surface area contributed by atoms with E-state index in [1.807, 2.05) is 0 Å². The van der Waals surface area contributed by atoms with Crippen molar-refractivity contribution < 1.29 is 14.1 Å². The van der Waals surface area contributed by atoms with E-state index in [0.29, 0.717) is 11.7 Å². The summed E-state index contributed by atoms with van der Waals surface area (Å²) in [6.45, 7) is 6.51. The normalized spacial score (nSPS) is 15.3. The summed E-state index contributed by atoms with van der Waals surface area (Å²) in [4.78, 5) is 25.5. The van der Waals surface area contributed by atoms with Crippen molar-refractivity contribution in [3.8, 4) is 10.8 Å². The van der Waals surface area contributed by atoms with E-state index in [0.717, 1.165) is 23.8 Å². The van der Waals surface area contributed by atoms with Gasteiger partial charge >= 0.3 is 6.15 Å². The number of aromatic nitrogens is 3. The van der Waals surface area contributed by atoms with E-state index in [1.54, 1.807) is 11.3 Å². The van der Waals surface area contributed by atoms with Gasteiger partial charge in [-0.15, -0.1) is 11.3 Å². The Labute approximate surface area is 152 Å². The molecule has 1 aliphatic rings. The van der Waals surface area contributed by atoms with Crippen LogP contribution < -0.4 is 0 Å². The Kier molecular flexibility index (Phi) is 7.02. The van der Waals surface area contributed by atoms with Gasteiger partial charge in [-0.2, -0.15) is 14.6 Å². The fraction of sp³-hybridized carbons (Fsp3) is 0.667. The lowest BCUT2D eigenvalue weighted by molar-refractivity contribution is -0.191. The van der Waals surface area contributed by atoms with E-state index in [4.69, 9.17) is 19.1 Å². The van der Waals surface area contributed by atoms with Crippen molar-refractivity contribution in [3.63, 3.8) is 0 Å². The smallest absolute Gasteiger partial charge is 0.339 e. The lowest BCUT2D eigenvalue weighted by atomic mass is 9.86. The maximum atomic E-state index is 8.12. The average Bonchev–Trinajstić information content (AvgIpc) is 3.17. The van der Waals surface area contributed by atoms with Crippen molar-refractivity contribution >= 4 is 17.5 Å². The molecule has 2 heterocycles. The molecule has 0 bridgehead atoms. The summed E-state index contributed by atoms with van der Waals surface area (Å²) in [5, 5.41) is 7.13. The second-order valence-corrected chi connectivity index (χ2v) is 8.54. The van der Waals surface area contributed by atoms with E-state index in [1.165, 1.54) is 37.8 Å². The van der Waals surface area contributed by atoms with Gasteiger partial charge in [0.1, 0.15) is 0 Å². The molecule has 7 heteroatoms. The van der Waals surface area contributed by atoms with Crippen LogP contribution in [0.15, 0.2) is 9.90 Å². The van der Waals surface area contributed by atoms with Crippen LogP contribution in [0.3, 0.4) is 0 Å². The van der Waals surface area contributed by atoms with Crippen molar-refractivity contribution in [1.29, 1.82) is 0 Å². The van der Waals surface area contributed by atoms with Crippen molar-refractivity contribution in [3.05, 3.63) is 17.0 Å². The Morgan fingerprint density at radius 3 is 2.52 bits per heavy atom. The Hall–Kier alpha value is -1.85. The molecule has 6 nitrogen and oxygen atoms in total. The molecular weight excluding hydrogens is 338 g/mol. The van der Waals surface area contributed by atoms with Crippen molar-refractivity contribution in [2.75, 3.05) is 0 Å². The van der Waals surface area contributed by atoms with Crippen LogP contribution in [0.25, 0.3) is 10.8 Å². The molecule has 0 N–H and O–H groups in total. The van der Waals surface area contributed by atoms with E-state index in [2.05, 4.69) is 36.3 Å². The minimum absolute atomic E-state index is 0.152. The van der Waals surface area contributed by atoms with Crippen molar-refractivity contribution in [2.45, 2.75) is 65.7 Å². The Bertz CT molecular complexity index is 690. The first-order chi connectivity index (χ1) is 11.9. The summed E-state index contributed by atoms with van der Waals surface area (Å²) >= 11 is 1.63. The number of rotatable bonds is 4. The van der Waals surface area contributed by atoms with Gasteiger partial charge in [0.2, 0.25) is 11.7 Å². The zero-order valence-electron chi connectivity index (χ0n) is 15.1. The number of hydrogen-bond acceptors (Lipinski definition) is 7. The molecule has 0 aromatic carbocycles. The molecule has 0 saturated heterocycles. The predicted octanol–water partition coefficient (Wildman–Crippen LogP) is 4.32. The van der Waals surface area contributed by atoms with Crippen LogP contribution in [-0.2, 0) is 22.4 Å². The van der Waals surface area contributed by atoms with Crippen molar-refractivity contribution in [2.24, 2.45) is 11.3 Å². The summed E-state index contributed by atoms with van der Waals surface area (Å²) in [6, 6.07) is 0. The molecule has 1 aliphatic carbocycles. The molecule has 2 aromatic heterocycles. The van der Waals surface area contributed by atoms with Crippen LogP contribution in [0.1, 0.15) is 64.5 Å². The highest BCUT2D eigenvalue weighted by molar-refractivity contribution is 7.13. The first-order valence-corrected chi connectivity index (χ1v) is 9.56. The van der Waals surface area contributed by atoms with Gasteiger partial charge in [-0.1, -0.05) is 58.0 Å².